The van der Waals surface area contributed by atoms with Crippen LogP contribution in [0.1, 0.15) is 31.4 Å². The van der Waals surface area contributed by atoms with E-state index in [1.165, 1.54) is 11.8 Å². The van der Waals surface area contributed by atoms with E-state index < -0.39 is 12.1 Å². The van der Waals surface area contributed by atoms with Gasteiger partial charge in [0.1, 0.15) is 12.1 Å². The maximum absolute atomic E-state index is 12.6. The van der Waals surface area contributed by atoms with Crippen molar-refractivity contribution in [3.05, 3.63) is 35.9 Å². The van der Waals surface area contributed by atoms with Gasteiger partial charge in [0.2, 0.25) is 11.8 Å². The van der Waals surface area contributed by atoms with Gasteiger partial charge in [0.15, 0.2) is 0 Å². The number of aliphatic hydroxyl groups excluding tert-OH is 1. The predicted octanol–water partition coefficient (Wildman–Crippen LogP) is 0.615. The third-order valence-corrected chi connectivity index (χ3v) is 4.53. The first-order chi connectivity index (χ1) is 11.1. The van der Waals surface area contributed by atoms with Crippen LogP contribution in [0.4, 0.5) is 0 Å². The molecule has 2 heterocycles. The van der Waals surface area contributed by atoms with Crippen LogP contribution in [0.25, 0.3) is 0 Å². The minimum Gasteiger partial charge on any atom is -0.391 e. The number of likely N-dealkylation sites (tertiary alicyclic amines) is 1. The van der Waals surface area contributed by atoms with Crippen LogP contribution in [0.5, 0.6) is 0 Å². The summed E-state index contributed by atoms with van der Waals surface area (Å²) in [7, 11) is 0. The Kier molecular flexibility index (Phi) is 4.63. The first-order valence-corrected chi connectivity index (χ1v) is 7.98. The molecule has 3 rings (SSSR count). The molecule has 0 radical (unpaired) electrons. The Morgan fingerprint density at radius 2 is 2.04 bits per heavy atom. The summed E-state index contributed by atoms with van der Waals surface area (Å²) in [5.41, 5.74) is 1.03. The molecule has 6 heteroatoms. The maximum atomic E-state index is 12.6. The first kappa shape index (κ1) is 16.0. The average molecular weight is 318 g/mol. The molecule has 4 atom stereocenters. The van der Waals surface area contributed by atoms with Gasteiger partial charge in [0.25, 0.3) is 0 Å². The van der Waals surface area contributed by atoms with Gasteiger partial charge >= 0.3 is 0 Å². The first-order valence-electron chi connectivity index (χ1n) is 7.98. The van der Waals surface area contributed by atoms with Crippen LogP contribution in [-0.4, -0.2) is 53.2 Å². The SMILES string of the molecule is CC(=O)N1C[C@H](O)C[C@@H]1C(=O)N[C@@H]1CCO[C@H]1c1ccccc1. The number of ether oxygens (including phenoxy) is 1. The molecule has 6 nitrogen and oxygen atoms in total. The molecule has 0 unspecified atom stereocenters. The van der Waals surface area contributed by atoms with Crippen LogP contribution >= 0.6 is 0 Å². The zero-order valence-electron chi connectivity index (χ0n) is 13.1. The molecule has 2 fully saturated rings. The number of aliphatic hydroxyl groups is 1. The lowest BCUT2D eigenvalue weighted by Crippen LogP contribution is -2.48. The van der Waals surface area contributed by atoms with E-state index in [2.05, 4.69) is 5.32 Å². The summed E-state index contributed by atoms with van der Waals surface area (Å²) in [6.45, 7) is 2.23. The molecule has 1 aromatic carbocycles. The van der Waals surface area contributed by atoms with Gasteiger partial charge in [0, 0.05) is 26.5 Å². The topological polar surface area (TPSA) is 78.9 Å². The molecule has 0 saturated carbocycles. The van der Waals surface area contributed by atoms with Crippen molar-refractivity contribution in [1.82, 2.24) is 10.2 Å². The van der Waals surface area contributed by atoms with Crippen LogP contribution < -0.4 is 5.32 Å². The number of carbonyl (C=O) groups is 2. The molecular weight excluding hydrogens is 296 g/mol. The van der Waals surface area contributed by atoms with Gasteiger partial charge in [-0.15, -0.1) is 0 Å². The smallest absolute Gasteiger partial charge is 0.243 e. The second-order valence-electron chi connectivity index (χ2n) is 6.18. The zero-order chi connectivity index (χ0) is 16.4. The number of rotatable bonds is 3. The number of amides is 2. The highest BCUT2D eigenvalue weighted by atomic mass is 16.5. The number of β-amino-alcohol motifs (C(OH)–C–C–N with tert-alkyl or cyclic N) is 1. The van der Waals surface area contributed by atoms with Gasteiger partial charge < -0.3 is 20.1 Å². The van der Waals surface area contributed by atoms with Crippen molar-refractivity contribution >= 4 is 11.8 Å². The number of nitrogens with zero attached hydrogens (tertiary/aromatic N) is 1. The third-order valence-electron chi connectivity index (χ3n) is 4.53. The average Bonchev–Trinajstić information content (AvgIpc) is 3.14. The fraction of sp³-hybridized carbons (Fsp3) is 0.529. The Balaban J connectivity index is 1.68. The van der Waals surface area contributed by atoms with Crippen LogP contribution in [-0.2, 0) is 14.3 Å². The zero-order valence-corrected chi connectivity index (χ0v) is 13.1. The highest BCUT2D eigenvalue weighted by Gasteiger charge is 2.40. The van der Waals surface area contributed by atoms with Gasteiger partial charge in [-0.1, -0.05) is 30.3 Å². The molecule has 1 aromatic rings. The van der Waals surface area contributed by atoms with Crippen molar-refractivity contribution in [2.24, 2.45) is 0 Å². The Morgan fingerprint density at radius 1 is 1.30 bits per heavy atom. The van der Waals surface area contributed by atoms with Crippen LogP contribution in [0.15, 0.2) is 30.3 Å². The van der Waals surface area contributed by atoms with Crippen LogP contribution in [0, 0.1) is 0 Å². The van der Waals surface area contributed by atoms with Crippen molar-refractivity contribution in [3.63, 3.8) is 0 Å². The lowest BCUT2D eigenvalue weighted by atomic mass is 10.0. The van der Waals surface area contributed by atoms with E-state index in [0.717, 1.165) is 12.0 Å². The van der Waals surface area contributed by atoms with E-state index in [-0.39, 0.29) is 36.9 Å². The third kappa shape index (κ3) is 3.38. The molecule has 23 heavy (non-hydrogen) atoms. The number of hydrogen-bond acceptors (Lipinski definition) is 4. The Bertz CT molecular complexity index is 577. The molecule has 2 amide bonds. The number of carbonyl (C=O) groups excluding carboxylic acids is 2. The molecule has 2 N–H and O–H groups in total. The van der Waals surface area contributed by atoms with Crippen molar-refractivity contribution in [3.8, 4) is 0 Å². The normalized spacial score (nSPS) is 30.4. The molecule has 0 spiro atoms. The van der Waals surface area contributed by atoms with Crippen molar-refractivity contribution in [1.29, 1.82) is 0 Å². The summed E-state index contributed by atoms with van der Waals surface area (Å²) in [5, 5.41) is 12.8. The number of benzene rings is 1. The molecule has 0 aliphatic carbocycles. The summed E-state index contributed by atoms with van der Waals surface area (Å²) in [4.78, 5) is 25.6. The Morgan fingerprint density at radius 3 is 2.74 bits per heavy atom. The van der Waals surface area contributed by atoms with Crippen LogP contribution in [0.2, 0.25) is 0 Å². The Labute approximate surface area is 135 Å². The minimum atomic E-state index is -0.639. The lowest BCUT2D eigenvalue weighted by Gasteiger charge is -2.26. The molecule has 2 aliphatic heterocycles. The summed E-state index contributed by atoms with van der Waals surface area (Å²) in [6.07, 6.45) is 0.215. The monoisotopic (exact) mass is 318 g/mol. The molecule has 0 bridgehead atoms. The molecular formula is C17H22N2O4. The summed E-state index contributed by atoms with van der Waals surface area (Å²) in [5.74, 6) is -0.405. The van der Waals surface area contributed by atoms with Crippen LogP contribution in [0.3, 0.4) is 0 Å². The van der Waals surface area contributed by atoms with E-state index >= 15 is 0 Å². The summed E-state index contributed by atoms with van der Waals surface area (Å²) < 4.78 is 5.77. The van der Waals surface area contributed by atoms with E-state index in [0.29, 0.717) is 6.61 Å². The Hall–Kier alpha value is -1.92. The van der Waals surface area contributed by atoms with Gasteiger partial charge in [-0.2, -0.15) is 0 Å². The van der Waals surface area contributed by atoms with Crippen molar-refractivity contribution in [2.75, 3.05) is 13.2 Å². The lowest BCUT2D eigenvalue weighted by molar-refractivity contribution is -0.137. The second kappa shape index (κ2) is 6.68. The number of nitrogens with one attached hydrogen (secondary N) is 1. The van der Waals surface area contributed by atoms with Crippen molar-refractivity contribution in [2.45, 2.75) is 44.1 Å². The summed E-state index contributed by atoms with van der Waals surface area (Å²) >= 11 is 0. The largest absolute Gasteiger partial charge is 0.391 e. The summed E-state index contributed by atoms with van der Waals surface area (Å²) in [6, 6.07) is 9.08. The van der Waals surface area contributed by atoms with E-state index in [4.69, 9.17) is 4.74 Å². The van der Waals surface area contributed by atoms with Gasteiger partial charge in [-0.25, -0.2) is 0 Å². The predicted molar refractivity (Wildman–Crippen MR) is 83.5 cm³/mol. The molecule has 2 saturated heterocycles. The van der Waals surface area contributed by atoms with Gasteiger partial charge in [0.05, 0.1) is 12.1 Å². The molecule has 0 aromatic heterocycles. The van der Waals surface area contributed by atoms with Gasteiger partial charge in [-0.3, -0.25) is 9.59 Å². The second-order valence-corrected chi connectivity index (χ2v) is 6.18. The van der Waals surface area contributed by atoms with E-state index in [1.54, 1.807) is 0 Å². The molecule has 124 valence electrons. The van der Waals surface area contributed by atoms with Gasteiger partial charge in [-0.05, 0) is 12.0 Å². The number of hydrogen-bond donors (Lipinski definition) is 2. The molecule has 2 aliphatic rings. The maximum Gasteiger partial charge on any atom is 0.243 e. The standard InChI is InChI=1S/C17H22N2O4/c1-11(20)19-10-13(21)9-15(19)17(22)18-14-7-8-23-16(14)12-5-3-2-4-6-12/h2-6,13-16,21H,7-10H2,1H3,(H,18,22)/t13-,14-,15-,16+/m1/s1. The fourth-order valence-corrected chi connectivity index (χ4v) is 3.40. The highest BCUT2D eigenvalue weighted by Crippen LogP contribution is 2.29. The van der Waals surface area contributed by atoms with Crippen molar-refractivity contribution < 1.29 is 19.4 Å². The minimum absolute atomic E-state index is 0.114. The fourth-order valence-electron chi connectivity index (χ4n) is 3.40. The highest BCUT2D eigenvalue weighted by molar-refractivity contribution is 5.87. The quantitative estimate of drug-likeness (QED) is 0.856. The van der Waals surface area contributed by atoms with E-state index in [1.807, 2.05) is 30.3 Å². The van der Waals surface area contributed by atoms with E-state index in [9.17, 15) is 14.7 Å².